The van der Waals surface area contributed by atoms with Crippen LogP contribution in [0.4, 0.5) is 0 Å². The zero-order chi connectivity index (χ0) is 22.5. The Morgan fingerprint density at radius 1 is 0.647 bits per heavy atom. The second-order valence-electron chi connectivity index (χ2n) is 7.99. The SMILES string of the molecule is c1ccc2c(c1)oc1c(-c3ccc(-c4ccc(-c5ccnc6ccsc56)cn4)nc3)ccnc12. The Bertz CT molecular complexity index is 1800. The Morgan fingerprint density at radius 2 is 1.38 bits per heavy atom. The van der Waals surface area contributed by atoms with Crippen LogP contribution < -0.4 is 0 Å². The van der Waals surface area contributed by atoms with Gasteiger partial charge in [-0.25, -0.2) is 0 Å². The topological polar surface area (TPSA) is 64.7 Å². The van der Waals surface area contributed by atoms with Gasteiger partial charge >= 0.3 is 0 Å². The van der Waals surface area contributed by atoms with E-state index >= 15 is 0 Å². The van der Waals surface area contributed by atoms with Crippen LogP contribution in [0.2, 0.25) is 0 Å². The Balaban J connectivity index is 1.24. The maximum atomic E-state index is 6.13. The number of fused-ring (bicyclic) bond motifs is 4. The summed E-state index contributed by atoms with van der Waals surface area (Å²) in [6.45, 7) is 0. The second kappa shape index (κ2) is 7.57. The van der Waals surface area contributed by atoms with Gasteiger partial charge in [-0.3, -0.25) is 19.9 Å². The fourth-order valence-electron chi connectivity index (χ4n) is 4.34. The van der Waals surface area contributed by atoms with Gasteiger partial charge in [0.25, 0.3) is 0 Å². The molecule has 0 aliphatic heterocycles. The van der Waals surface area contributed by atoms with Crippen molar-refractivity contribution in [2.75, 3.05) is 0 Å². The molecule has 0 aliphatic carbocycles. The van der Waals surface area contributed by atoms with Crippen LogP contribution in [0.15, 0.2) is 101 Å². The molecule has 0 fully saturated rings. The van der Waals surface area contributed by atoms with Crippen molar-refractivity contribution < 1.29 is 4.42 Å². The monoisotopic (exact) mass is 456 g/mol. The molecule has 1 aromatic carbocycles. The van der Waals surface area contributed by atoms with E-state index in [1.54, 1.807) is 11.3 Å². The van der Waals surface area contributed by atoms with Crippen molar-refractivity contribution in [2.24, 2.45) is 0 Å². The van der Waals surface area contributed by atoms with Gasteiger partial charge in [0.15, 0.2) is 5.58 Å². The van der Waals surface area contributed by atoms with Crippen LogP contribution in [-0.2, 0) is 0 Å². The molecule has 0 radical (unpaired) electrons. The van der Waals surface area contributed by atoms with Crippen LogP contribution in [0.3, 0.4) is 0 Å². The Hall–Kier alpha value is -4.42. The molecule has 0 bridgehead atoms. The smallest absolute Gasteiger partial charge is 0.161 e. The number of nitrogens with zero attached hydrogens (tertiary/aromatic N) is 4. The Morgan fingerprint density at radius 3 is 2.18 bits per heavy atom. The number of aromatic nitrogens is 4. The molecule has 0 spiro atoms. The Kier molecular flexibility index (Phi) is 4.25. The highest BCUT2D eigenvalue weighted by Gasteiger charge is 2.14. The molecule has 7 rings (SSSR count). The van der Waals surface area contributed by atoms with Gasteiger partial charge in [-0.05, 0) is 47.8 Å². The number of para-hydroxylation sites is 1. The molecule has 0 unspecified atom stereocenters. The lowest BCUT2D eigenvalue weighted by molar-refractivity contribution is 0.669. The fourth-order valence-corrected chi connectivity index (χ4v) is 5.23. The van der Waals surface area contributed by atoms with E-state index in [1.807, 2.05) is 79.4 Å². The zero-order valence-electron chi connectivity index (χ0n) is 17.8. The summed E-state index contributed by atoms with van der Waals surface area (Å²) in [6, 6.07) is 22.2. The minimum atomic E-state index is 0.776. The molecule has 7 aromatic rings. The van der Waals surface area contributed by atoms with Crippen LogP contribution >= 0.6 is 11.3 Å². The third kappa shape index (κ3) is 3.00. The number of pyridine rings is 4. The van der Waals surface area contributed by atoms with Gasteiger partial charge in [-0.15, -0.1) is 11.3 Å². The first-order valence-electron chi connectivity index (χ1n) is 10.9. The molecule has 5 nitrogen and oxygen atoms in total. The van der Waals surface area contributed by atoms with Gasteiger partial charge < -0.3 is 4.42 Å². The number of hydrogen-bond acceptors (Lipinski definition) is 6. The van der Waals surface area contributed by atoms with Gasteiger partial charge in [0.2, 0.25) is 0 Å². The predicted octanol–water partition coefficient (Wildman–Crippen LogP) is 7.38. The number of furan rings is 1. The lowest BCUT2D eigenvalue weighted by Gasteiger charge is -2.06. The largest absolute Gasteiger partial charge is 0.454 e. The van der Waals surface area contributed by atoms with Crippen LogP contribution in [0.25, 0.3) is 65.9 Å². The standard InChI is InChI=1S/C28H16N4OS/c1-2-4-25-21(3-1)26-27(33-25)19(9-13-30-26)17-5-7-22(31-15-17)23-8-6-18(16-32-23)20-10-12-29-24-11-14-34-28(20)24/h1-16H. The van der Waals surface area contributed by atoms with Crippen molar-refractivity contribution in [1.82, 2.24) is 19.9 Å². The van der Waals surface area contributed by atoms with E-state index in [9.17, 15) is 0 Å². The third-order valence-electron chi connectivity index (χ3n) is 6.01. The van der Waals surface area contributed by atoms with Gasteiger partial charge in [-0.2, -0.15) is 0 Å². The number of benzene rings is 1. The minimum Gasteiger partial charge on any atom is -0.454 e. The van der Waals surface area contributed by atoms with Crippen molar-refractivity contribution in [3.63, 3.8) is 0 Å². The molecule has 0 saturated heterocycles. The average molecular weight is 457 g/mol. The molecule has 0 amide bonds. The van der Waals surface area contributed by atoms with Crippen LogP contribution in [-0.4, -0.2) is 19.9 Å². The minimum absolute atomic E-state index is 0.776. The van der Waals surface area contributed by atoms with Gasteiger partial charge in [0, 0.05) is 52.4 Å². The normalized spacial score (nSPS) is 11.5. The lowest BCUT2D eigenvalue weighted by atomic mass is 10.1. The quantitative estimate of drug-likeness (QED) is 0.277. The summed E-state index contributed by atoms with van der Waals surface area (Å²) in [5.41, 5.74) is 9.30. The molecule has 6 heteroatoms. The Labute approximate surface area is 198 Å². The van der Waals surface area contributed by atoms with Crippen molar-refractivity contribution in [3.8, 4) is 33.6 Å². The molecule has 0 aliphatic rings. The fraction of sp³-hybridized carbons (Fsp3) is 0. The highest BCUT2D eigenvalue weighted by molar-refractivity contribution is 7.17. The maximum absolute atomic E-state index is 6.13. The average Bonchev–Trinajstić information content (AvgIpc) is 3.54. The molecule has 6 aromatic heterocycles. The molecule has 34 heavy (non-hydrogen) atoms. The summed E-state index contributed by atoms with van der Waals surface area (Å²) in [5, 5.41) is 3.08. The first-order chi connectivity index (χ1) is 16.8. The second-order valence-corrected chi connectivity index (χ2v) is 8.91. The first-order valence-corrected chi connectivity index (χ1v) is 11.7. The summed E-state index contributed by atoms with van der Waals surface area (Å²) >= 11 is 1.70. The summed E-state index contributed by atoms with van der Waals surface area (Å²) in [5.74, 6) is 0. The maximum Gasteiger partial charge on any atom is 0.161 e. The van der Waals surface area contributed by atoms with Gasteiger partial charge in [0.05, 0.1) is 21.6 Å². The summed E-state index contributed by atoms with van der Waals surface area (Å²) < 4.78 is 7.30. The van der Waals surface area contributed by atoms with Crippen LogP contribution in [0.1, 0.15) is 0 Å². The van der Waals surface area contributed by atoms with E-state index in [2.05, 4.69) is 27.5 Å². The van der Waals surface area contributed by atoms with E-state index in [1.165, 1.54) is 4.70 Å². The third-order valence-corrected chi connectivity index (χ3v) is 6.95. The lowest BCUT2D eigenvalue weighted by Crippen LogP contribution is -1.90. The summed E-state index contributed by atoms with van der Waals surface area (Å²) in [7, 11) is 0. The van der Waals surface area contributed by atoms with E-state index in [0.717, 1.165) is 61.2 Å². The molecular formula is C28H16N4OS. The van der Waals surface area contributed by atoms with Crippen molar-refractivity contribution in [3.05, 3.63) is 96.9 Å². The van der Waals surface area contributed by atoms with Crippen LogP contribution in [0, 0.1) is 0 Å². The highest BCUT2D eigenvalue weighted by atomic mass is 32.1. The zero-order valence-corrected chi connectivity index (χ0v) is 18.7. The number of thiophene rings is 1. The number of hydrogen-bond donors (Lipinski definition) is 0. The number of rotatable bonds is 3. The van der Waals surface area contributed by atoms with E-state index in [-0.39, 0.29) is 0 Å². The summed E-state index contributed by atoms with van der Waals surface area (Å²) in [6.07, 6.45) is 7.43. The molecule has 160 valence electrons. The highest BCUT2D eigenvalue weighted by Crippen LogP contribution is 2.35. The first kappa shape index (κ1) is 19.1. The van der Waals surface area contributed by atoms with Crippen molar-refractivity contribution >= 4 is 43.6 Å². The van der Waals surface area contributed by atoms with Gasteiger partial charge in [-0.1, -0.05) is 24.3 Å². The van der Waals surface area contributed by atoms with E-state index in [0.29, 0.717) is 0 Å². The predicted molar refractivity (Wildman–Crippen MR) is 137 cm³/mol. The summed E-state index contributed by atoms with van der Waals surface area (Å²) in [4.78, 5) is 18.4. The molecule has 6 heterocycles. The van der Waals surface area contributed by atoms with Crippen molar-refractivity contribution in [2.45, 2.75) is 0 Å². The molecule has 0 atom stereocenters. The molecule has 0 saturated carbocycles. The molecular weight excluding hydrogens is 440 g/mol. The van der Waals surface area contributed by atoms with E-state index < -0.39 is 0 Å². The van der Waals surface area contributed by atoms with E-state index in [4.69, 9.17) is 14.4 Å². The van der Waals surface area contributed by atoms with Crippen LogP contribution in [0.5, 0.6) is 0 Å². The van der Waals surface area contributed by atoms with Crippen molar-refractivity contribution in [1.29, 1.82) is 0 Å². The molecule has 0 N–H and O–H groups in total. The van der Waals surface area contributed by atoms with Gasteiger partial charge in [0.1, 0.15) is 11.1 Å².